The van der Waals surface area contributed by atoms with E-state index in [2.05, 4.69) is 37.4 Å². The van der Waals surface area contributed by atoms with Crippen LogP contribution in [0, 0.1) is 13.8 Å². The fraction of sp³-hybridized carbons (Fsp3) is 0.625. The van der Waals surface area contributed by atoms with E-state index in [9.17, 15) is 8.42 Å². The number of likely N-dealkylation sites (N-methyl/N-ethyl adjacent to an activating group) is 1. The van der Waals surface area contributed by atoms with E-state index >= 15 is 0 Å². The number of hydrogen-bond acceptors (Lipinski definition) is 3. The zero-order chi connectivity index (χ0) is 15.2. The van der Waals surface area contributed by atoms with E-state index in [0.717, 1.165) is 19.3 Å². The first-order valence-electron chi connectivity index (χ1n) is 7.31. The van der Waals surface area contributed by atoms with Gasteiger partial charge in [-0.15, -0.1) is 0 Å². The van der Waals surface area contributed by atoms with Gasteiger partial charge in [-0.05, 0) is 45.7 Å². The van der Waals surface area contributed by atoms with Gasteiger partial charge in [0.05, 0.1) is 5.75 Å². The largest absolute Gasteiger partial charge is 0.317 e. The van der Waals surface area contributed by atoms with Gasteiger partial charge in [-0.2, -0.15) is 0 Å². The molecule has 0 amide bonds. The van der Waals surface area contributed by atoms with Crippen molar-refractivity contribution in [3.63, 3.8) is 0 Å². The minimum absolute atomic E-state index is 0.244. The SMILES string of the molecule is CCS(=O)(=O)CCCC(Cc1cc(C)cc(C)c1)NC. The molecule has 0 heterocycles. The van der Waals surface area contributed by atoms with Crippen LogP contribution in [-0.4, -0.2) is 33.0 Å². The lowest BCUT2D eigenvalue weighted by Crippen LogP contribution is -2.28. The molecule has 0 saturated heterocycles. The Labute approximate surface area is 123 Å². The molecule has 0 saturated carbocycles. The summed E-state index contributed by atoms with van der Waals surface area (Å²) in [6, 6.07) is 6.93. The van der Waals surface area contributed by atoms with Gasteiger partial charge in [0.25, 0.3) is 0 Å². The summed E-state index contributed by atoms with van der Waals surface area (Å²) in [5, 5.41) is 3.30. The summed E-state index contributed by atoms with van der Waals surface area (Å²) < 4.78 is 23.0. The maximum Gasteiger partial charge on any atom is 0.150 e. The third-order valence-corrected chi connectivity index (χ3v) is 5.41. The zero-order valence-corrected chi connectivity index (χ0v) is 13.9. The summed E-state index contributed by atoms with van der Waals surface area (Å²) in [5.74, 6) is 0.544. The van der Waals surface area contributed by atoms with Crippen molar-refractivity contribution < 1.29 is 8.42 Å². The van der Waals surface area contributed by atoms with Crippen molar-refractivity contribution in [2.24, 2.45) is 0 Å². The van der Waals surface area contributed by atoms with Crippen molar-refractivity contribution in [1.82, 2.24) is 5.32 Å². The molecular weight excluding hydrogens is 270 g/mol. The van der Waals surface area contributed by atoms with Gasteiger partial charge in [0.15, 0.2) is 0 Å². The van der Waals surface area contributed by atoms with Crippen molar-refractivity contribution in [1.29, 1.82) is 0 Å². The quantitative estimate of drug-likeness (QED) is 0.802. The van der Waals surface area contributed by atoms with Crippen LogP contribution in [0.5, 0.6) is 0 Å². The van der Waals surface area contributed by atoms with Crippen LogP contribution >= 0.6 is 0 Å². The van der Waals surface area contributed by atoms with Crippen LogP contribution in [0.15, 0.2) is 18.2 Å². The summed E-state index contributed by atoms with van der Waals surface area (Å²) in [7, 11) is -0.891. The third kappa shape index (κ3) is 6.06. The smallest absolute Gasteiger partial charge is 0.150 e. The van der Waals surface area contributed by atoms with Gasteiger partial charge in [-0.3, -0.25) is 0 Å². The number of sulfone groups is 1. The lowest BCUT2D eigenvalue weighted by molar-refractivity contribution is 0.510. The first-order chi connectivity index (χ1) is 9.36. The molecule has 0 bridgehead atoms. The highest BCUT2D eigenvalue weighted by Crippen LogP contribution is 2.13. The molecule has 1 aromatic rings. The molecule has 0 spiro atoms. The highest BCUT2D eigenvalue weighted by Gasteiger charge is 2.11. The van der Waals surface area contributed by atoms with E-state index < -0.39 is 9.84 Å². The summed E-state index contributed by atoms with van der Waals surface area (Å²) >= 11 is 0. The van der Waals surface area contributed by atoms with Crippen molar-refractivity contribution in [2.75, 3.05) is 18.6 Å². The number of aryl methyl sites for hydroxylation is 2. The van der Waals surface area contributed by atoms with Crippen molar-refractivity contribution in [3.05, 3.63) is 34.9 Å². The first kappa shape index (κ1) is 17.2. The lowest BCUT2D eigenvalue weighted by Gasteiger charge is -2.17. The Morgan fingerprint density at radius 3 is 2.25 bits per heavy atom. The Morgan fingerprint density at radius 1 is 1.15 bits per heavy atom. The molecule has 4 heteroatoms. The third-order valence-electron chi connectivity index (χ3n) is 3.62. The summed E-state index contributed by atoms with van der Waals surface area (Å²) in [4.78, 5) is 0. The Hall–Kier alpha value is -0.870. The van der Waals surface area contributed by atoms with Crippen LogP contribution in [-0.2, 0) is 16.3 Å². The second kappa shape index (κ2) is 7.79. The molecule has 1 unspecified atom stereocenters. The molecule has 1 atom stereocenters. The van der Waals surface area contributed by atoms with Gasteiger partial charge < -0.3 is 5.32 Å². The maximum atomic E-state index is 11.5. The van der Waals surface area contributed by atoms with E-state index in [1.54, 1.807) is 6.92 Å². The Morgan fingerprint density at radius 2 is 1.75 bits per heavy atom. The minimum atomic E-state index is -2.84. The topological polar surface area (TPSA) is 46.2 Å². The van der Waals surface area contributed by atoms with E-state index in [4.69, 9.17) is 0 Å². The number of nitrogens with one attached hydrogen (secondary N) is 1. The summed E-state index contributed by atoms with van der Waals surface area (Å²) in [6.45, 7) is 5.93. The molecule has 20 heavy (non-hydrogen) atoms. The molecule has 3 nitrogen and oxygen atoms in total. The first-order valence-corrected chi connectivity index (χ1v) is 9.13. The molecule has 1 rings (SSSR count). The molecule has 0 aliphatic carbocycles. The minimum Gasteiger partial charge on any atom is -0.317 e. The van der Waals surface area contributed by atoms with Gasteiger partial charge in [0.1, 0.15) is 9.84 Å². The van der Waals surface area contributed by atoms with E-state index in [1.165, 1.54) is 16.7 Å². The summed E-state index contributed by atoms with van der Waals surface area (Å²) in [6.07, 6.45) is 2.57. The predicted molar refractivity (Wildman–Crippen MR) is 86.0 cm³/mol. The van der Waals surface area contributed by atoms with Crippen LogP contribution < -0.4 is 5.32 Å². The molecule has 1 aromatic carbocycles. The predicted octanol–water partition coefficient (Wildman–Crippen LogP) is 2.65. The molecular formula is C16H27NO2S. The van der Waals surface area contributed by atoms with Crippen molar-refractivity contribution >= 4 is 9.84 Å². The molecule has 0 aromatic heterocycles. The number of hydrogen-bond donors (Lipinski definition) is 1. The highest BCUT2D eigenvalue weighted by atomic mass is 32.2. The fourth-order valence-corrected chi connectivity index (χ4v) is 3.41. The fourth-order valence-electron chi connectivity index (χ4n) is 2.51. The average molecular weight is 297 g/mol. The van der Waals surface area contributed by atoms with Crippen LogP contribution in [0.25, 0.3) is 0 Å². The van der Waals surface area contributed by atoms with E-state index in [-0.39, 0.29) is 5.75 Å². The standard InChI is InChI=1S/C16H27NO2S/c1-5-20(18,19)8-6-7-16(17-4)12-15-10-13(2)9-14(3)11-15/h9-11,16-17H,5-8,12H2,1-4H3. The molecule has 0 aliphatic rings. The number of rotatable bonds is 8. The molecule has 114 valence electrons. The van der Waals surface area contributed by atoms with Crippen LogP contribution in [0.2, 0.25) is 0 Å². The lowest BCUT2D eigenvalue weighted by atomic mass is 9.99. The molecule has 1 N–H and O–H groups in total. The average Bonchev–Trinajstić information content (AvgIpc) is 2.36. The van der Waals surface area contributed by atoms with Gasteiger partial charge in [-0.25, -0.2) is 8.42 Å². The maximum absolute atomic E-state index is 11.5. The second-order valence-electron chi connectivity index (χ2n) is 5.56. The second-order valence-corrected chi connectivity index (χ2v) is 8.04. The van der Waals surface area contributed by atoms with Crippen LogP contribution in [0.1, 0.15) is 36.5 Å². The Kier molecular flexibility index (Phi) is 6.69. The van der Waals surface area contributed by atoms with Gasteiger partial charge in [0, 0.05) is 11.8 Å². The van der Waals surface area contributed by atoms with E-state index in [0.29, 0.717) is 11.8 Å². The molecule has 0 fully saturated rings. The Bertz CT molecular complexity index is 503. The van der Waals surface area contributed by atoms with E-state index in [1.807, 2.05) is 7.05 Å². The van der Waals surface area contributed by atoms with Gasteiger partial charge >= 0.3 is 0 Å². The van der Waals surface area contributed by atoms with Gasteiger partial charge in [0.2, 0.25) is 0 Å². The summed E-state index contributed by atoms with van der Waals surface area (Å²) in [5.41, 5.74) is 3.88. The number of benzene rings is 1. The van der Waals surface area contributed by atoms with Crippen molar-refractivity contribution in [2.45, 2.75) is 46.1 Å². The zero-order valence-electron chi connectivity index (χ0n) is 13.1. The van der Waals surface area contributed by atoms with Gasteiger partial charge in [-0.1, -0.05) is 36.2 Å². The monoisotopic (exact) mass is 297 g/mol. The Balaban J connectivity index is 2.55. The molecule has 0 radical (unpaired) electrons. The van der Waals surface area contributed by atoms with Crippen LogP contribution in [0.3, 0.4) is 0 Å². The highest BCUT2D eigenvalue weighted by molar-refractivity contribution is 7.91. The van der Waals surface area contributed by atoms with Crippen LogP contribution in [0.4, 0.5) is 0 Å². The molecule has 0 aliphatic heterocycles. The van der Waals surface area contributed by atoms with Crippen molar-refractivity contribution in [3.8, 4) is 0 Å². The normalized spacial score (nSPS) is 13.4.